The standard InChI is InChI=1S/C14H24N4/c1-3-5-13-17-12(15)9-14(18-13)16-11(4-2)8-10-6-7-10/h9-11H,3-8H2,1-2H3,(H3,15,16,17,18). The van der Waals surface area contributed by atoms with Crippen LogP contribution in [0.4, 0.5) is 11.6 Å². The van der Waals surface area contributed by atoms with Gasteiger partial charge < -0.3 is 11.1 Å². The molecule has 0 spiro atoms. The van der Waals surface area contributed by atoms with Crippen LogP contribution in [0.15, 0.2) is 6.07 Å². The number of rotatable bonds is 7. The van der Waals surface area contributed by atoms with Crippen LogP contribution in [0.3, 0.4) is 0 Å². The summed E-state index contributed by atoms with van der Waals surface area (Å²) in [4.78, 5) is 8.79. The van der Waals surface area contributed by atoms with Gasteiger partial charge in [0, 0.05) is 18.5 Å². The molecule has 4 heteroatoms. The minimum absolute atomic E-state index is 0.515. The number of hydrogen-bond donors (Lipinski definition) is 2. The molecule has 0 aliphatic heterocycles. The summed E-state index contributed by atoms with van der Waals surface area (Å²) in [5, 5.41) is 3.51. The van der Waals surface area contributed by atoms with Gasteiger partial charge in [0.1, 0.15) is 17.5 Å². The largest absolute Gasteiger partial charge is 0.384 e. The van der Waals surface area contributed by atoms with Crippen molar-refractivity contribution in [3.63, 3.8) is 0 Å². The van der Waals surface area contributed by atoms with Crippen LogP contribution in [0.25, 0.3) is 0 Å². The normalized spacial score (nSPS) is 16.6. The average Bonchev–Trinajstić information content (AvgIpc) is 3.12. The van der Waals surface area contributed by atoms with Gasteiger partial charge in [0.2, 0.25) is 0 Å². The molecule has 0 aromatic carbocycles. The van der Waals surface area contributed by atoms with E-state index in [0.717, 1.165) is 36.8 Å². The van der Waals surface area contributed by atoms with E-state index < -0.39 is 0 Å². The van der Waals surface area contributed by atoms with Gasteiger partial charge in [-0.15, -0.1) is 0 Å². The zero-order valence-corrected chi connectivity index (χ0v) is 11.4. The SMILES string of the molecule is CCCc1nc(N)cc(NC(CC)CC2CC2)n1. The topological polar surface area (TPSA) is 63.8 Å². The van der Waals surface area contributed by atoms with Crippen LogP contribution < -0.4 is 11.1 Å². The van der Waals surface area contributed by atoms with Crippen LogP contribution in [-0.4, -0.2) is 16.0 Å². The lowest BCUT2D eigenvalue weighted by molar-refractivity contribution is 0.584. The lowest BCUT2D eigenvalue weighted by Crippen LogP contribution is -2.20. The molecular weight excluding hydrogens is 224 g/mol. The zero-order chi connectivity index (χ0) is 13.0. The van der Waals surface area contributed by atoms with Crippen molar-refractivity contribution in [2.45, 2.75) is 58.4 Å². The molecule has 100 valence electrons. The van der Waals surface area contributed by atoms with Gasteiger partial charge >= 0.3 is 0 Å². The predicted molar refractivity (Wildman–Crippen MR) is 75.5 cm³/mol. The summed E-state index contributed by atoms with van der Waals surface area (Å²) >= 11 is 0. The zero-order valence-electron chi connectivity index (χ0n) is 11.4. The molecule has 18 heavy (non-hydrogen) atoms. The number of nitrogens with zero attached hydrogens (tertiary/aromatic N) is 2. The number of nitrogen functional groups attached to an aromatic ring is 1. The Kier molecular flexibility index (Phi) is 4.39. The minimum Gasteiger partial charge on any atom is -0.384 e. The van der Waals surface area contributed by atoms with Crippen molar-refractivity contribution in [1.29, 1.82) is 0 Å². The van der Waals surface area contributed by atoms with E-state index in [4.69, 9.17) is 5.73 Å². The quantitative estimate of drug-likeness (QED) is 0.778. The summed E-state index contributed by atoms with van der Waals surface area (Å²) in [6.07, 6.45) is 7.10. The fourth-order valence-electron chi connectivity index (χ4n) is 2.22. The van der Waals surface area contributed by atoms with Gasteiger partial charge in [-0.25, -0.2) is 9.97 Å². The first kappa shape index (κ1) is 13.1. The van der Waals surface area contributed by atoms with E-state index in [1.54, 1.807) is 0 Å². The van der Waals surface area contributed by atoms with E-state index >= 15 is 0 Å². The van der Waals surface area contributed by atoms with Crippen molar-refractivity contribution in [3.05, 3.63) is 11.9 Å². The molecular formula is C14H24N4. The molecule has 1 saturated carbocycles. The van der Waals surface area contributed by atoms with Crippen molar-refractivity contribution in [1.82, 2.24) is 9.97 Å². The second-order valence-electron chi connectivity index (χ2n) is 5.27. The number of aryl methyl sites for hydroxylation is 1. The molecule has 1 heterocycles. The summed E-state index contributed by atoms with van der Waals surface area (Å²) in [7, 11) is 0. The Morgan fingerprint density at radius 2 is 2.17 bits per heavy atom. The number of aromatic nitrogens is 2. The van der Waals surface area contributed by atoms with E-state index in [2.05, 4.69) is 29.1 Å². The maximum Gasteiger partial charge on any atom is 0.133 e. The first-order valence-electron chi connectivity index (χ1n) is 7.11. The molecule has 0 radical (unpaired) electrons. The van der Waals surface area contributed by atoms with Crippen LogP contribution >= 0.6 is 0 Å². The van der Waals surface area contributed by atoms with Crippen molar-refractivity contribution in [3.8, 4) is 0 Å². The summed E-state index contributed by atoms with van der Waals surface area (Å²) in [6.45, 7) is 4.35. The molecule has 4 nitrogen and oxygen atoms in total. The molecule has 0 saturated heterocycles. The monoisotopic (exact) mass is 248 g/mol. The Labute approximate surface area is 109 Å². The molecule has 1 aromatic heterocycles. The predicted octanol–water partition coefficient (Wildman–Crippen LogP) is 3.00. The Hall–Kier alpha value is -1.32. The molecule has 1 aliphatic rings. The number of hydrogen-bond acceptors (Lipinski definition) is 4. The van der Waals surface area contributed by atoms with Gasteiger partial charge in [-0.2, -0.15) is 0 Å². The number of anilines is 2. The van der Waals surface area contributed by atoms with Crippen LogP contribution in [0.2, 0.25) is 0 Å². The highest BCUT2D eigenvalue weighted by Gasteiger charge is 2.24. The number of nitrogens with two attached hydrogens (primary N) is 1. The lowest BCUT2D eigenvalue weighted by Gasteiger charge is -2.17. The van der Waals surface area contributed by atoms with E-state index in [1.165, 1.54) is 19.3 Å². The fourth-order valence-corrected chi connectivity index (χ4v) is 2.22. The molecule has 1 unspecified atom stereocenters. The maximum absolute atomic E-state index is 5.83. The summed E-state index contributed by atoms with van der Waals surface area (Å²) in [5.74, 6) is 3.23. The van der Waals surface area contributed by atoms with Gasteiger partial charge in [0.25, 0.3) is 0 Å². The average molecular weight is 248 g/mol. The molecule has 2 rings (SSSR count). The van der Waals surface area contributed by atoms with Crippen LogP contribution in [-0.2, 0) is 6.42 Å². The van der Waals surface area contributed by atoms with Crippen molar-refractivity contribution in [2.24, 2.45) is 5.92 Å². The summed E-state index contributed by atoms with van der Waals surface area (Å²) < 4.78 is 0. The first-order valence-corrected chi connectivity index (χ1v) is 7.11. The van der Waals surface area contributed by atoms with Crippen molar-refractivity contribution >= 4 is 11.6 Å². The summed E-state index contributed by atoms with van der Waals surface area (Å²) in [6, 6.07) is 2.36. The van der Waals surface area contributed by atoms with Crippen LogP contribution in [0.1, 0.15) is 51.8 Å². The third kappa shape index (κ3) is 3.86. The molecule has 1 aliphatic carbocycles. The Morgan fingerprint density at radius 3 is 2.78 bits per heavy atom. The minimum atomic E-state index is 0.515. The van der Waals surface area contributed by atoms with E-state index in [0.29, 0.717) is 11.9 Å². The molecule has 1 aromatic rings. The first-order chi connectivity index (χ1) is 8.71. The van der Waals surface area contributed by atoms with Gasteiger partial charge in [0.05, 0.1) is 0 Å². The van der Waals surface area contributed by atoms with Gasteiger partial charge in [0.15, 0.2) is 0 Å². The Balaban J connectivity index is 2.01. The van der Waals surface area contributed by atoms with Gasteiger partial charge in [-0.1, -0.05) is 26.7 Å². The van der Waals surface area contributed by atoms with E-state index in [-0.39, 0.29) is 0 Å². The molecule has 1 fully saturated rings. The third-order valence-corrected chi connectivity index (χ3v) is 3.43. The highest BCUT2D eigenvalue weighted by Crippen LogP contribution is 2.34. The highest BCUT2D eigenvalue weighted by atomic mass is 15.1. The maximum atomic E-state index is 5.83. The third-order valence-electron chi connectivity index (χ3n) is 3.43. The lowest BCUT2D eigenvalue weighted by atomic mass is 10.1. The van der Waals surface area contributed by atoms with Crippen LogP contribution in [0, 0.1) is 5.92 Å². The Morgan fingerprint density at radius 1 is 1.39 bits per heavy atom. The fraction of sp³-hybridized carbons (Fsp3) is 0.714. The highest BCUT2D eigenvalue weighted by molar-refractivity contribution is 5.45. The molecule has 1 atom stereocenters. The van der Waals surface area contributed by atoms with Crippen molar-refractivity contribution in [2.75, 3.05) is 11.1 Å². The van der Waals surface area contributed by atoms with E-state index in [9.17, 15) is 0 Å². The molecule has 0 amide bonds. The van der Waals surface area contributed by atoms with Gasteiger partial charge in [-0.3, -0.25) is 0 Å². The smallest absolute Gasteiger partial charge is 0.133 e. The van der Waals surface area contributed by atoms with Gasteiger partial charge in [-0.05, 0) is 25.2 Å². The Bertz CT molecular complexity index is 387. The summed E-state index contributed by atoms with van der Waals surface area (Å²) in [5.41, 5.74) is 5.83. The van der Waals surface area contributed by atoms with Crippen LogP contribution in [0.5, 0.6) is 0 Å². The second kappa shape index (κ2) is 6.03. The van der Waals surface area contributed by atoms with Crippen molar-refractivity contribution < 1.29 is 0 Å². The number of nitrogens with one attached hydrogen (secondary N) is 1. The second-order valence-corrected chi connectivity index (χ2v) is 5.27. The molecule has 0 bridgehead atoms. The molecule has 3 N–H and O–H groups in total. The van der Waals surface area contributed by atoms with E-state index in [1.807, 2.05) is 6.07 Å².